The molecule has 0 atom stereocenters. The number of hydrogen-bond donors (Lipinski definition) is 2. The molecule has 0 radical (unpaired) electrons. The summed E-state index contributed by atoms with van der Waals surface area (Å²) in [5.74, 6) is -0.194. The molecule has 0 spiro atoms. The molecule has 0 heterocycles. The highest BCUT2D eigenvalue weighted by Gasteiger charge is 2.20. The average molecular weight is 398 g/mol. The van der Waals surface area contributed by atoms with Crippen molar-refractivity contribution in [1.82, 2.24) is 4.31 Å². The van der Waals surface area contributed by atoms with Gasteiger partial charge < -0.3 is 11.1 Å². The molecule has 8 heteroatoms. The molecule has 6 nitrogen and oxygen atoms in total. The first kappa shape index (κ1) is 22.0. The highest BCUT2D eigenvalue weighted by molar-refractivity contribution is 7.89. The van der Waals surface area contributed by atoms with Crippen LogP contribution in [0.2, 0.25) is 0 Å². The van der Waals surface area contributed by atoms with Crippen LogP contribution in [0, 0.1) is 6.92 Å². The first-order valence-corrected chi connectivity index (χ1v) is 9.32. The van der Waals surface area contributed by atoms with E-state index in [1.165, 1.54) is 20.2 Å². The molecule has 0 saturated heterocycles. The molecular weight excluding hydrogens is 374 g/mol. The van der Waals surface area contributed by atoms with Crippen LogP contribution in [-0.2, 0) is 21.2 Å². The minimum Gasteiger partial charge on any atom is -0.399 e. The monoisotopic (exact) mass is 397 g/mol. The van der Waals surface area contributed by atoms with Gasteiger partial charge in [0.1, 0.15) is 0 Å². The molecule has 2 aromatic rings. The van der Waals surface area contributed by atoms with E-state index >= 15 is 0 Å². The molecule has 0 fully saturated rings. The molecule has 0 unspecified atom stereocenters. The third-order valence-electron chi connectivity index (χ3n) is 3.91. The average Bonchev–Trinajstić information content (AvgIpc) is 2.55. The maximum absolute atomic E-state index is 12.3. The number of nitrogens with two attached hydrogens (primary N) is 1. The summed E-state index contributed by atoms with van der Waals surface area (Å²) in [6.07, 6.45) is 0.783. The van der Waals surface area contributed by atoms with Gasteiger partial charge in [-0.2, -0.15) is 0 Å². The Morgan fingerprint density at radius 3 is 2.42 bits per heavy atom. The number of carbonyl (C=O) groups is 1. The van der Waals surface area contributed by atoms with E-state index in [0.717, 1.165) is 9.87 Å². The van der Waals surface area contributed by atoms with Crippen LogP contribution in [0.5, 0.6) is 0 Å². The number of aryl methyl sites for hydroxylation is 2. The maximum atomic E-state index is 12.3. The lowest BCUT2D eigenvalue weighted by Crippen LogP contribution is -2.23. The van der Waals surface area contributed by atoms with Gasteiger partial charge in [-0.3, -0.25) is 4.79 Å². The van der Waals surface area contributed by atoms with Crippen LogP contribution in [0.1, 0.15) is 17.5 Å². The third kappa shape index (κ3) is 5.20. The van der Waals surface area contributed by atoms with Crippen molar-refractivity contribution >= 4 is 39.7 Å². The van der Waals surface area contributed by atoms with Crippen molar-refractivity contribution < 1.29 is 13.2 Å². The molecule has 0 aliphatic carbocycles. The number of amides is 1. The topological polar surface area (TPSA) is 92.5 Å². The van der Waals surface area contributed by atoms with E-state index in [1.54, 1.807) is 25.1 Å². The lowest BCUT2D eigenvalue weighted by atomic mass is 10.1. The molecule has 2 aromatic carbocycles. The first-order chi connectivity index (χ1) is 11.7. The Balaban J connectivity index is 0.00000338. The number of nitrogen functional groups attached to an aromatic ring is 1. The van der Waals surface area contributed by atoms with Crippen molar-refractivity contribution in [1.29, 1.82) is 0 Å². The number of para-hydroxylation sites is 1. The smallest absolute Gasteiger partial charge is 0.242 e. The van der Waals surface area contributed by atoms with Gasteiger partial charge in [0, 0.05) is 31.9 Å². The van der Waals surface area contributed by atoms with E-state index in [9.17, 15) is 13.2 Å². The van der Waals surface area contributed by atoms with Gasteiger partial charge in [-0.25, -0.2) is 12.7 Å². The fourth-order valence-electron chi connectivity index (χ4n) is 2.39. The fraction of sp³-hybridized carbons (Fsp3) is 0.278. The molecule has 2 rings (SSSR count). The quantitative estimate of drug-likeness (QED) is 0.733. The summed E-state index contributed by atoms with van der Waals surface area (Å²) in [6, 6.07) is 12.3. The van der Waals surface area contributed by atoms with E-state index < -0.39 is 10.0 Å². The predicted molar refractivity (Wildman–Crippen MR) is 107 cm³/mol. The standard InChI is InChI=1S/C18H23N3O3S.ClH/c1-13-8-10-15(12-17(13)25(23,24)21(2)3)20-18(22)11-9-14-6-4-5-7-16(14)19;/h4-8,10,12H,9,11,19H2,1-3H3,(H,20,22);1H. The normalized spacial score (nSPS) is 11.1. The maximum Gasteiger partial charge on any atom is 0.242 e. The number of carbonyl (C=O) groups excluding carboxylic acids is 1. The van der Waals surface area contributed by atoms with Gasteiger partial charge in [0.25, 0.3) is 0 Å². The number of anilines is 2. The molecule has 0 aliphatic heterocycles. The Bertz CT molecular complexity index is 883. The van der Waals surface area contributed by atoms with Gasteiger partial charge in [-0.1, -0.05) is 24.3 Å². The van der Waals surface area contributed by atoms with Gasteiger partial charge in [0.2, 0.25) is 15.9 Å². The molecule has 3 N–H and O–H groups in total. The van der Waals surface area contributed by atoms with Gasteiger partial charge >= 0.3 is 0 Å². The summed E-state index contributed by atoms with van der Waals surface area (Å²) < 4.78 is 25.8. The summed E-state index contributed by atoms with van der Waals surface area (Å²) in [5.41, 5.74) is 8.52. The van der Waals surface area contributed by atoms with Crippen molar-refractivity contribution in [2.24, 2.45) is 0 Å². The number of benzene rings is 2. The van der Waals surface area contributed by atoms with Gasteiger partial charge in [0.05, 0.1) is 4.90 Å². The van der Waals surface area contributed by atoms with Crippen molar-refractivity contribution in [2.75, 3.05) is 25.1 Å². The molecule has 0 aromatic heterocycles. The lowest BCUT2D eigenvalue weighted by molar-refractivity contribution is -0.116. The van der Waals surface area contributed by atoms with E-state index in [4.69, 9.17) is 5.73 Å². The van der Waals surface area contributed by atoms with Crippen LogP contribution < -0.4 is 11.1 Å². The summed E-state index contributed by atoms with van der Waals surface area (Å²) in [6.45, 7) is 1.72. The number of hydrogen-bond acceptors (Lipinski definition) is 4. The molecule has 142 valence electrons. The van der Waals surface area contributed by atoms with Crippen LogP contribution in [0.25, 0.3) is 0 Å². The van der Waals surface area contributed by atoms with Crippen LogP contribution in [0.3, 0.4) is 0 Å². The van der Waals surface area contributed by atoms with Gasteiger partial charge in [0.15, 0.2) is 0 Å². The molecule has 1 amide bonds. The second-order valence-electron chi connectivity index (χ2n) is 6.01. The van der Waals surface area contributed by atoms with Crippen molar-refractivity contribution in [3.63, 3.8) is 0 Å². The minimum absolute atomic E-state index is 0. The molecule has 0 saturated carbocycles. The van der Waals surface area contributed by atoms with Crippen LogP contribution in [0.4, 0.5) is 11.4 Å². The number of nitrogens with one attached hydrogen (secondary N) is 1. The summed E-state index contributed by atoms with van der Waals surface area (Å²) in [5, 5.41) is 2.75. The third-order valence-corrected chi connectivity index (χ3v) is 5.86. The Morgan fingerprint density at radius 1 is 1.15 bits per heavy atom. The SMILES string of the molecule is Cc1ccc(NC(=O)CCc2ccccc2N)cc1S(=O)(=O)N(C)C.Cl. The van der Waals surface area contributed by atoms with E-state index in [1.807, 2.05) is 18.2 Å². The highest BCUT2D eigenvalue weighted by Crippen LogP contribution is 2.22. The first-order valence-electron chi connectivity index (χ1n) is 7.88. The molecule has 0 aliphatic rings. The van der Waals surface area contributed by atoms with Crippen molar-refractivity contribution in [2.45, 2.75) is 24.7 Å². The van der Waals surface area contributed by atoms with Crippen LogP contribution in [0.15, 0.2) is 47.4 Å². The van der Waals surface area contributed by atoms with E-state index in [0.29, 0.717) is 23.4 Å². The number of nitrogens with zero attached hydrogens (tertiary/aromatic N) is 1. The lowest BCUT2D eigenvalue weighted by Gasteiger charge is -2.15. The van der Waals surface area contributed by atoms with Crippen molar-refractivity contribution in [3.05, 3.63) is 53.6 Å². The largest absolute Gasteiger partial charge is 0.399 e. The summed E-state index contributed by atoms with van der Waals surface area (Å²) >= 11 is 0. The fourth-order valence-corrected chi connectivity index (χ4v) is 3.53. The molecule has 26 heavy (non-hydrogen) atoms. The second-order valence-corrected chi connectivity index (χ2v) is 8.13. The van der Waals surface area contributed by atoms with Gasteiger partial charge in [-0.15, -0.1) is 12.4 Å². The zero-order valence-corrected chi connectivity index (χ0v) is 16.7. The Kier molecular flexibility index (Phi) is 7.62. The zero-order valence-electron chi connectivity index (χ0n) is 15.0. The number of sulfonamides is 1. The predicted octanol–water partition coefficient (Wildman–Crippen LogP) is 2.82. The van der Waals surface area contributed by atoms with E-state index in [2.05, 4.69) is 5.32 Å². The highest BCUT2D eigenvalue weighted by atomic mass is 35.5. The number of rotatable bonds is 6. The second kappa shape index (κ2) is 9.02. The summed E-state index contributed by atoms with van der Waals surface area (Å²) in [7, 11) is -0.608. The number of halogens is 1. The van der Waals surface area contributed by atoms with Crippen molar-refractivity contribution in [3.8, 4) is 0 Å². The van der Waals surface area contributed by atoms with Gasteiger partial charge in [-0.05, 0) is 42.7 Å². The Labute approximate surface area is 160 Å². The minimum atomic E-state index is -3.56. The molecular formula is C18H24ClN3O3S. The van der Waals surface area contributed by atoms with Crippen LogP contribution in [-0.4, -0.2) is 32.7 Å². The van der Waals surface area contributed by atoms with E-state index in [-0.39, 0.29) is 29.6 Å². The Morgan fingerprint density at radius 2 is 1.81 bits per heavy atom. The summed E-state index contributed by atoms with van der Waals surface area (Å²) in [4.78, 5) is 12.3. The van der Waals surface area contributed by atoms with Crippen LogP contribution >= 0.6 is 12.4 Å². The Hall–Kier alpha value is -2.09. The zero-order chi connectivity index (χ0) is 18.6. The molecule has 0 bridgehead atoms.